The Morgan fingerprint density at radius 2 is 2.04 bits per heavy atom. The summed E-state index contributed by atoms with van der Waals surface area (Å²) in [4.78, 5) is 27.8. The SMILES string of the molecule is CC(=O)c1ccc(NC(=O)NC[C@H](C)c2nc(C)cs2)cc1C. The van der Waals surface area contributed by atoms with Crippen LogP contribution in [-0.2, 0) is 0 Å². The Morgan fingerprint density at radius 1 is 1.30 bits per heavy atom. The molecule has 1 heterocycles. The number of rotatable bonds is 5. The number of anilines is 1. The van der Waals surface area contributed by atoms with Crippen molar-refractivity contribution < 1.29 is 9.59 Å². The zero-order valence-corrected chi connectivity index (χ0v) is 14.6. The molecule has 1 aromatic heterocycles. The highest BCUT2D eigenvalue weighted by molar-refractivity contribution is 7.09. The second-order valence-corrected chi connectivity index (χ2v) is 6.54. The van der Waals surface area contributed by atoms with Crippen LogP contribution in [-0.4, -0.2) is 23.3 Å². The van der Waals surface area contributed by atoms with E-state index in [0.717, 1.165) is 16.3 Å². The maximum absolute atomic E-state index is 12.0. The first-order valence-corrected chi connectivity index (χ1v) is 8.33. The zero-order chi connectivity index (χ0) is 17.0. The number of hydrogen-bond donors (Lipinski definition) is 2. The van der Waals surface area contributed by atoms with E-state index in [1.54, 1.807) is 29.5 Å². The maximum atomic E-state index is 12.0. The summed E-state index contributed by atoms with van der Waals surface area (Å²) < 4.78 is 0. The number of nitrogens with one attached hydrogen (secondary N) is 2. The van der Waals surface area contributed by atoms with Crippen LogP contribution in [0.4, 0.5) is 10.5 Å². The third kappa shape index (κ3) is 4.63. The Hall–Kier alpha value is -2.21. The molecular weight excluding hydrogens is 310 g/mol. The molecule has 2 aromatic rings. The zero-order valence-electron chi connectivity index (χ0n) is 13.8. The van der Waals surface area contributed by atoms with Gasteiger partial charge in [0.15, 0.2) is 5.78 Å². The normalized spacial score (nSPS) is 11.8. The number of urea groups is 1. The van der Waals surface area contributed by atoms with Crippen molar-refractivity contribution in [2.45, 2.75) is 33.6 Å². The third-order valence-electron chi connectivity index (χ3n) is 3.49. The number of nitrogens with zero attached hydrogens (tertiary/aromatic N) is 1. The lowest BCUT2D eigenvalue weighted by Crippen LogP contribution is -2.31. The van der Waals surface area contributed by atoms with Crippen molar-refractivity contribution in [3.63, 3.8) is 0 Å². The molecule has 0 fully saturated rings. The number of thiazole rings is 1. The highest BCUT2D eigenvalue weighted by Crippen LogP contribution is 2.19. The summed E-state index contributed by atoms with van der Waals surface area (Å²) in [7, 11) is 0. The van der Waals surface area contributed by atoms with E-state index in [9.17, 15) is 9.59 Å². The van der Waals surface area contributed by atoms with Crippen molar-refractivity contribution in [3.8, 4) is 0 Å². The van der Waals surface area contributed by atoms with E-state index >= 15 is 0 Å². The fraction of sp³-hybridized carbons (Fsp3) is 0.353. The van der Waals surface area contributed by atoms with Gasteiger partial charge in [-0.25, -0.2) is 9.78 Å². The van der Waals surface area contributed by atoms with Crippen molar-refractivity contribution in [3.05, 3.63) is 45.4 Å². The molecule has 2 N–H and O–H groups in total. The summed E-state index contributed by atoms with van der Waals surface area (Å²) in [5.41, 5.74) is 3.19. The molecule has 0 saturated heterocycles. The monoisotopic (exact) mass is 331 g/mol. The van der Waals surface area contributed by atoms with E-state index in [4.69, 9.17) is 0 Å². The highest BCUT2D eigenvalue weighted by atomic mass is 32.1. The average molecular weight is 331 g/mol. The highest BCUT2D eigenvalue weighted by Gasteiger charge is 2.12. The summed E-state index contributed by atoms with van der Waals surface area (Å²) >= 11 is 1.60. The van der Waals surface area contributed by atoms with Gasteiger partial charge in [-0.05, 0) is 44.5 Å². The van der Waals surface area contributed by atoms with Gasteiger partial charge in [-0.2, -0.15) is 0 Å². The van der Waals surface area contributed by atoms with Crippen molar-refractivity contribution in [2.75, 3.05) is 11.9 Å². The minimum absolute atomic E-state index is 0.0195. The topological polar surface area (TPSA) is 71.1 Å². The molecule has 0 aliphatic carbocycles. The molecule has 0 spiro atoms. The molecule has 0 radical (unpaired) electrons. The number of amides is 2. The standard InChI is InChI=1S/C17H21N3O2S/c1-10-7-14(5-6-15(10)13(4)21)20-17(22)18-8-11(2)16-19-12(3)9-23-16/h5-7,9,11H,8H2,1-4H3,(H2,18,20,22)/t11-/m0/s1. The van der Waals surface area contributed by atoms with Crippen LogP contribution < -0.4 is 10.6 Å². The Bertz CT molecular complexity index is 724. The smallest absolute Gasteiger partial charge is 0.319 e. The van der Waals surface area contributed by atoms with Crippen LogP contribution in [0, 0.1) is 13.8 Å². The number of aryl methyl sites for hydroxylation is 2. The Labute approximate surface area is 140 Å². The van der Waals surface area contributed by atoms with Gasteiger partial charge in [0.05, 0.1) is 5.01 Å². The van der Waals surface area contributed by atoms with E-state index in [0.29, 0.717) is 17.8 Å². The van der Waals surface area contributed by atoms with Crippen molar-refractivity contribution >= 4 is 28.8 Å². The lowest BCUT2D eigenvalue weighted by atomic mass is 10.1. The lowest BCUT2D eigenvalue weighted by Gasteiger charge is -2.12. The predicted molar refractivity (Wildman–Crippen MR) is 93.5 cm³/mol. The first-order chi connectivity index (χ1) is 10.9. The van der Waals surface area contributed by atoms with Crippen LogP contribution in [0.5, 0.6) is 0 Å². The lowest BCUT2D eigenvalue weighted by molar-refractivity contribution is 0.101. The molecule has 0 saturated carbocycles. The molecule has 23 heavy (non-hydrogen) atoms. The van der Waals surface area contributed by atoms with Gasteiger partial charge in [0.2, 0.25) is 0 Å². The fourth-order valence-corrected chi connectivity index (χ4v) is 3.10. The average Bonchev–Trinajstić information content (AvgIpc) is 2.91. The van der Waals surface area contributed by atoms with Crippen LogP contribution >= 0.6 is 11.3 Å². The van der Waals surface area contributed by atoms with Crippen LogP contribution in [0.2, 0.25) is 0 Å². The van der Waals surface area contributed by atoms with E-state index in [2.05, 4.69) is 15.6 Å². The molecule has 1 aromatic carbocycles. The number of Topliss-reactive ketones (excluding diaryl/α,β-unsaturated/α-hetero) is 1. The van der Waals surface area contributed by atoms with Gasteiger partial charge in [-0.3, -0.25) is 4.79 Å². The Morgan fingerprint density at radius 3 is 2.61 bits per heavy atom. The van der Waals surface area contributed by atoms with Crippen LogP contribution in [0.3, 0.4) is 0 Å². The maximum Gasteiger partial charge on any atom is 0.319 e. The molecule has 0 bridgehead atoms. The van der Waals surface area contributed by atoms with Crippen molar-refractivity contribution in [1.82, 2.24) is 10.3 Å². The van der Waals surface area contributed by atoms with Gasteiger partial charge in [-0.15, -0.1) is 11.3 Å². The number of aromatic nitrogens is 1. The fourth-order valence-electron chi connectivity index (χ4n) is 2.24. The number of carbonyl (C=O) groups excluding carboxylic acids is 2. The van der Waals surface area contributed by atoms with Gasteiger partial charge in [0, 0.05) is 34.8 Å². The minimum atomic E-state index is -0.264. The Kier molecular flexibility index (Phi) is 5.50. The van der Waals surface area contributed by atoms with Crippen LogP contribution in [0.15, 0.2) is 23.6 Å². The summed E-state index contributed by atoms with van der Waals surface area (Å²) in [5, 5.41) is 8.65. The quantitative estimate of drug-likeness (QED) is 0.817. The second kappa shape index (κ2) is 7.37. The predicted octanol–water partition coefficient (Wildman–Crippen LogP) is 3.89. The molecule has 6 heteroatoms. The third-order valence-corrected chi connectivity index (χ3v) is 4.68. The van der Waals surface area contributed by atoms with E-state index < -0.39 is 0 Å². The minimum Gasteiger partial charge on any atom is -0.337 e. The van der Waals surface area contributed by atoms with Gasteiger partial charge in [0.25, 0.3) is 0 Å². The largest absolute Gasteiger partial charge is 0.337 e. The van der Waals surface area contributed by atoms with Gasteiger partial charge in [0.1, 0.15) is 0 Å². The van der Waals surface area contributed by atoms with Crippen LogP contribution in [0.1, 0.15) is 46.4 Å². The van der Waals surface area contributed by atoms with E-state index in [1.165, 1.54) is 6.92 Å². The molecule has 0 aliphatic heterocycles. The molecule has 5 nitrogen and oxygen atoms in total. The van der Waals surface area contributed by atoms with Crippen LogP contribution in [0.25, 0.3) is 0 Å². The van der Waals surface area contributed by atoms with E-state index in [-0.39, 0.29) is 17.7 Å². The van der Waals surface area contributed by atoms with E-state index in [1.807, 2.05) is 26.2 Å². The second-order valence-electron chi connectivity index (χ2n) is 5.65. The van der Waals surface area contributed by atoms with Gasteiger partial charge >= 0.3 is 6.03 Å². The number of carbonyl (C=O) groups is 2. The molecule has 0 unspecified atom stereocenters. The van der Waals surface area contributed by atoms with Crippen molar-refractivity contribution in [1.29, 1.82) is 0 Å². The molecule has 122 valence electrons. The molecule has 0 aliphatic rings. The summed E-state index contributed by atoms with van der Waals surface area (Å²) in [6, 6.07) is 5.00. The number of hydrogen-bond acceptors (Lipinski definition) is 4. The molecule has 2 rings (SSSR count). The number of benzene rings is 1. The van der Waals surface area contributed by atoms with Gasteiger partial charge < -0.3 is 10.6 Å². The Balaban J connectivity index is 1.89. The first kappa shape index (κ1) is 17.1. The number of ketones is 1. The summed E-state index contributed by atoms with van der Waals surface area (Å²) in [6.07, 6.45) is 0. The first-order valence-electron chi connectivity index (χ1n) is 7.45. The summed E-state index contributed by atoms with van der Waals surface area (Å²) in [5.74, 6) is 0.187. The van der Waals surface area contributed by atoms with Gasteiger partial charge in [-0.1, -0.05) is 6.92 Å². The summed E-state index contributed by atoms with van der Waals surface area (Å²) in [6.45, 7) is 7.89. The molecule has 2 amide bonds. The molecule has 1 atom stereocenters. The molecular formula is C17H21N3O2S. The van der Waals surface area contributed by atoms with Crippen molar-refractivity contribution in [2.24, 2.45) is 0 Å².